The highest BCUT2D eigenvalue weighted by Crippen LogP contribution is 2.09. The van der Waals surface area contributed by atoms with E-state index >= 15 is 0 Å². The number of aryl methyl sites for hydroxylation is 1. The van der Waals surface area contributed by atoms with Crippen LogP contribution >= 0.6 is 0 Å². The van der Waals surface area contributed by atoms with Crippen LogP contribution in [0.3, 0.4) is 0 Å². The lowest BCUT2D eigenvalue weighted by Gasteiger charge is -1.97. The number of nitrogens with one attached hydrogen (secondary N) is 1. The Morgan fingerprint density at radius 3 is 2.85 bits per heavy atom. The summed E-state index contributed by atoms with van der Waals surface area (Å²) in [7, 11) is 0. The van der Waals surface area contributed by atoms with Crippen LogP contribution in [0, 0.1) is 6.92 Å². The third-order valence-electron chi connectivity index (χ3n) is 1.52. The van der Waals surface area contributed by atoms with E-state index in [9.17, 15) is 4.79 Å². The molecule has 0 spiro atoms. The maximum absolute atomic E-state index is 10.3. The van der Waals surface area contributed by atoms with E-state index in [-0.39, 0.29) is 0 Å². The molecular weight excluding hydrogens is 170 g/mol. The molecule has 3 N–H and O–H groups in total. The zero-order chi connectivity index (χ0) is 9.84. The van der Waals surface area contributed by atoms with Crippen molar-refractivity contribution in [3.63, 3.8) is 0 Å². The van der Waals surface area contributed by atoms with Gasteiger partial charge >= 0.3 is 6.03 Å². The fraction of sp³-hybridized carbons (Fsp3) is 0.250. The summed E-state index contributed by atoms with van der Waals surface area (Å²) in [4.78, 5) is 10.3. The maximum atomic E-state index is 10.3. The lowest BCUT2D eigenvalue weighted by Crippen LogP contribution is -2.25. The van der Waals surface area contributed by atoms with Crippen LogP contribution < -0.4 is 11.2 Å². The SMILES string of the molecule is C/C(=N/NC(N)=O)c1occc1C. The van der Waals surface area contributed by atoms with Crippen LogP contribution in [0.25, 0.3) is 0 Å². The summed E-state index contributed by atoms with van der Waals surface area (Å²) in [6.07, 6.45) is 1.56. The quantitative estimate of drug-likeness (QED) is 0.526. The number of nitrogens with zero attached hydrogens (tertiary/aromatic N) is 1. The van der Waals surface area contributed by atoms with Crippen molar-refractivity contribution in [2.45, 2.75) is 13.8 Å². The van der Waals surface area contributed by atoms with Crippen molar-refractivity contribution in [3.8, 4) is 0 Å². The predicted molar refractivity (Wildman–Crippen MR) is 48.4 cm³/mol. The second-order valence-electron chi connectivity index (χ2n) is 2.61. The first kappa shape index (κ1) is 9.31. The number of hydrogen-bond acceptors (Lipinski definition) is 3. The van der Waals surface area contributed by atoms with Gasteiger partial charge < -0.3 is 10.2 Å². The fourth-order valence-electron chi connectivity index (χ4n) is 0.933. The summed E-state index contributed by atoms with van der Waals surface area (Å²) in [5, 5.41) is 3.73. The number of primary amides is 1. The lowest BCUT2D eigenvalue weighted by molar-refractivity contribution is 0.249. The van der Waals surface area contributed by atoms with Gasteiger partial charge in [0.15, 0.2) is 5.76 Å². The van der Waals surface area contributed by atoms with Crippen molar-refractivity contribution >= 4 is 11.7 Å². The molecule has 0 aliphatic heterocycles. The average molecular weight is 181 g/mol. The van der Waals surface area contributed by atoms with E-state index in [4.69, 9.17) is 10.2 Å². The van der Waals surface area contributed by atoms with Crippen LogP contribution in [0.2, 0.25) is 0 Å². The molecule has 0 aliphatic rings. The van der Waals surface area contributed by atoms with Crippen LogP contribution in [0.4, 0.5) is 4.79 Å². The van der Waals surface area contributed by atoms with Gasteiger partial charge in [0.25, 0.3) is 0 Å². The maximum Gasteiger partial charge on any atom is 0.332 e. The molecule has 0 radical (unpaired) electrons. The third kappa shape index (κ3) is 2.33. The molecule has 0 unspecified atom stereocenters. The summed E-state index contributed by atoms with van der Waals surface area (Å²) in [5.74, 6) is 0.647. The molecule has 0 aromatic carbocycles. The van der Waals surface area contributed by atoms with E-state index in [0.717, 1.165) is 5.56 Å². The van der Waals surface area contributed by atoms with Crippen LogP contribution in [-0.2, 0) is 0 Å². The van der Waals surface area contributed by atoms with Gasteiger partial charge in [0, 0.05) is 0 Å². The van der Waals surface area contributed by atoms with E-state index in [1.54, 1.807) is 13.2 Å². The van der Waals surface area contributed by atoms with E-state index in [1.165, 1.54) is 0 Å². The molecule has 0 bridgehead atoms. The first-order valence-electron chi connectivity index (χ1n) is 3.75. The smallest absolute Gasteiger partial charge is 0.332 e. The molecule has 1 aromatic rings. The number of carbonyl (C=O) groups excluding carboxylic acids is 1. The topological polar surface area (TPSA) is 80.6 Å². The van der Waals surface area contributed by atoms with Gasteiger partial charge in [-0.05, 0) is 25.5 Å². The highest BCUT2D eigenvalue weighted by molar-refractivity contribution is 5.97. The Labute approximate surface area is 75.6 Å². The highest BCUT2D eigenvalue weighted by atomic mass is 16.3. The molecule has 0 aliphatic carbocycles. The second-order valence-corrected chi connectivity index (χ2v) is 2.61. The molecule has 13 heavy (non-hydrogen) atoms. The largest absolute Gasteiger partial charge is 0.463 e. The third-order valence-corrected chi connectivity index (χ3v) is 1.52. The van der Waals surface area contributed by atoms with Gasteiger partial charge in [0.1, 0.15) is 5.71 Å². The Morgan fingerprint density at radius 1 is 1.69 bits per heavy atom. The molecule has 0 saturated heterocycles. The molecule has 1 rings (SSSR count). The number of hydrogen-bond donors (Lipinski definition) is 2. The van der Waals surface area contributed by atoms with Gasteiger partial charge in [-0.3, -0.25) is 0 Å². The normalized spacial score (nSPS) is 11.4. The molecule has 0 saturated carbocycles. The molecule has 2 amide bonds. The van der Waals surface area contributed by atoms with Crippen molar-refractivity contribution in [3.05, 3.63) is 23.7 Å². The summed E-state index contributed by atoms with van der Waals surface area (Å²) >= 11 is 0. The number of amides is 2. The van der Waals surface area contributed by atoms with Crippen molar-refractivity contribution in [2.75, 3.05) is 0 Å². The van der Waals surface area contributed by atoms with Gasteiger partial charge in [-0.2, -0.15) is 5.10 Å². The standard InChI is InChI=1S/C8H11N3O2/c1-5-3-4-13-7(5)6(2)10-11-8(9)12/h3-4H,1-2H3,(H3,9,11,12)/b10-6-. The average Bonchev–Trinajstić information content (AvgIpc) is 2.47. The van der Waals surface area contributed by atoms with Gasteiger partial charge in [-0.15, -0.1) is 0 Å². The number of hydrazone groups is 1. The van der Waals surface area contributed by atoms with Gasteiger partial charge in [-0.1, -0.05) is 0 Å². The minimum Gasteiger partial charge on any atom is -0.463 e. The number of urea groups is 1. The van der Waals surface area contributed by atoms with Crippen LogP contribution in [-0.4, -0.2) is 11.7 Å². The van der Waals surface area contributed by atoms with Crippen molar-refractivity contribution in [1.29, 1.82) is 0 Å². The van der Waals surface area contributed by atoms with E-state index in [0.29, 0.717) is 11.5 Å². The molecule has 1 aromatic heterocycles. The first-order valence-corrected chi connectivity index (χ1v) is 3.75. The molecule has 70 valence electrons. The molecule has 5 heteroatoms. The monoisotopic (exact) mass is 181 g/mol. The van der Waals surface area contributed by atoms with Crippen molar-refractivity contribution in [2.24, 2.45) is 10.8 Å². The summed E-state index contributed by atoms with van der Waals surface area (Å²) in [5.41, 5.74) is 8.52. The van der Waals surface area contributed by atoms with Crippen molar-refractivity contribution < 1.29 is 9.21 Å². The van der Waals surface area contributed by atoms with Crippen molar-refractivity contribution in [1.82, 2.24) is 5.43 Å². The number of carbonyl (C=O) groups is 1. The zero-order valence-electron chi connectivity index (χ0n) is 7.50. The van der Waals surface area contributed by atoms with Crippen LogP contribution in [0.1, 0.15) is 18.2 Å². The number of rotatable bonds is 2. The molecule has 0 atom stereocenters. The molecular formula is C8H11N3O2. The summed E-state index contributed by atoms with van der Waals surface area (Å²) in [6.45, 7) is 3.61. The number of furan rings is 1. The Kier molecular flexibility index (Phi) is 2.69. The Balaban J connectivity index is 2.78. The molecule has 0 fully saturated rings. The van der Waals surface area contributed by atoms with Gasteiger partial charge in [0.2, 0.25) is 0 Å². The van der Waals surface area contributed by atoms with E-state index < -0.39 is 6.03 Å². The molecule has 1 heterocycles. The lowest BCUT2D eigenvalue weighted by atomic mass is 10.2. The van der Waals surface area contributed by atoms with E-state index in [1.807, 2.05) is 13.0 Å². The zero-order valence-corrected chi connectivity index (χ0v) is 7.50. The van der Waals surface area contributed by atoms with Crippen LogP contribution in [0.15, 0.2) is 21.8 Å². The fourth-order valence-corrected chi connectivity index (χ4v) is 0.933. The summed E-state index contributed by atoms with van der Waals surface area (Å²) < 4.78 is 5.14. The van der Waals surface area contributed by atoms with Gasteiger partial charge in [-0.25, -0.2) is 10.2 Å². The number of nitrogens with two attached hydrogens (primary N) is 1. The first-order chi connectivity index (χ1) is 6.11. The Morgan fingerprint density at radius 2 is 2.38 bits per heavy atom. The predicted octanol–water partition coefficient (Wildman–Crippen LogP) is 0.980. The highest BCUT2D eigenvalue weighted by Gasteiger charge is 2.05. The second kappa shape index (κ2) is 3.75. The minimum atomic E-state index is -0.691. The van der Waals surface area contributed by atoms with E-state index in [2.05, 4.69) is 10.5 Å². The minimum absolute atomic E-state index is 0.585. The van der Waals surface area contributed by atoms with Gasteiger partial charge in [0.05, 0.1) is 6.26 Å². The summed E-state index contributed by atoms with van der Waals surface area (Å²) in [6, 6.07) is 1.13. The molecule has 5 nitrogen and oxygen atoms in total. The Bertz CT molecular complexity index is 341. The Hall–Kier alpha value is -1.78. The van der Waals surface area contributed by atoms with Crippen LogP contribution in [0.5, 0.6) is 0 Å².